The lowest BCUT2D eigenvalue weighted by Gasteiger charge is -2.45. The van der Waals surface area contributed by atoms with Crippen LogP contribution < -0.4 is 10.2 Å². The fourth-order valence-corrected chi connectivity index (χ4v) is 5.54. The molecule has 1 heterocycles. The van der Waals surface area contributed by atoms with Crippen LogP contribution in [-0.4, -0.2) is 22.8 Å². The summed E-state index contributed by atoms with van der Waals surface area (Å²) in [4.78, 5) is 17.7. The zero-order chi connectivity index (χ0) is 26.4. The molecule has 5 nitrogen and oxygen atoms in total. The number of nitrogens with one attached hydrogen (secondary N) is 1. The molecule has 8 heteroatoms. The Morgan fingerprint density at radius 3 is 2.14 bits per heavy atom. The van der Waals surface area contributed by atoms with Gasteiger partial charge in [-0.25, -0.2) is 0 Å². The van der Waals surface area contributed by atoms with Crippen LogP contribution in [0.1, 0.15) is 61.8 Å². The number of rotatable bonds is 7. The Hall–Kier alpha value is -2.73. The first kappa shape index (κ1) is 25.9. The van der Waals surface area contributed by atoms with Crippen LogP contribution in [0.3, 0.4) is 0 Å². The van der Waals surface area contributed by atoms with Crippen LogP contribution in [-0.2, 0) is 11.1 Å². The van der Waals surface area contributed by atoms with E-state index in [4.69, 9.17) is 44.5 Å². The molecule has 0 bridgehead atoms. The number of nitrogens with zero attached hydrogens (tertiary/aromatic N) is 2. The largest absolute Gasteiger partial charge is 0.493 e. The highest BCUT2D eigenvalue weighted by molar-refractivity contribution is 6.63. The van der Waals surface area contributed by atoms with Crippen molar-refractivity contribution < 1.29 is 9.53 Å². The summed E-state index contributed by atoms with van der Waals surface area (Å²) in [5, 5.41) is 2.28. The van der Waals surface area contributed by atoms with Crippen LogP contribution >= 0.6 is 34.8 Å². The molecule has 1 aliphatic carbocycles. The lowest BCUT2D eigenvalue weighted by atomic mass is 9.71. The van der Waals surface area contributed by atoms with Crippen molar-refractivity contribution in [2.75, 3.05) is 6.61 Å². The molecule has 0 radical (unpaired) electrons. The van der Waals surface area contributed by atoms with Gasteiger partial charge >= 0.3 is 5.37 Å². The van der Waals surface area contributed by atoms with Gasteiger partial charge in [-0.15, -0.1) is 0 Å². The standard InChI is InChI=1S/C29H28Cl3N3O2/c1-4-37-25-17-19(18-5-6-18)7-16-24(25)26-33-28(2,20-8-12-22(30)13-9-20)29(3,35(26)34-27(32)36)21-10-14-23(31)15-11-21/h7-18H,4-6H2,1-3H3,(H,34,36)/t28-,29-/m0/s1. The van der Waals surface area contributed by atoms with Crippen molar-refractivity contribution in [2.24, 2.45) is 4.99 Å². The topological polar surface area (TPSA) is 53.9 Å². The summed E-state index contributed by atoms with van der Waals surface area (Å²) in [5.74, 6) is 1.84. The zero-order valence-corrected chi connectivity index (χ0v) is 23.2. The van der Waals surface area contributed by atoms with Gasteiger partial charge < -0.3 is 4.74 Å². The maximum absolute atomic E-state index is 12.4. The number of amidine groups is 1. The monoisotopic (exact) mass is 555 g/mol. The Labute approximate surface area is 232 Å². The van der Waals surface area contributed by atoms with Crippen molar-refractivity contribution in [3.63, 3.8) is 0 Å². The second kappa shape index (κ2) is 9.86. The Morgan fingerprint density at radius 1 is 1.00 bits per heavy atom. The van der Waals surface area contributed by atoms with Gasteiger partial charge in [-0.2, -0.15) is 0 Å². The molecule has 1 saturated carbocycles. The van der Waals surface area contributed by atoms with Gasteiger partial charge in [0.2, 0.25) is 0 Å². The highest BCUT2D eigenvalue weighted by atomic mass is 35.5. The summed E-state index contributed by atoms with van der Waals surface area (Å²) < 4.78 is 6.11. The lowest BCUT2D eigenvalue weighted by Crippen LogP contribution is -2.58. The number of aliphatic imine (C=N–C) groups is 1. The number of carbonyl (C=O) groups is 1. The average Bonchev–Trinajstić information content (AvgIpc) is 3.69. The molecule has 0 saturated heterocycles. The average molecular weight is 557 g/mol. The van der Waals surface area contributed by atoms with Crippen molar-refractivity contribution >= 4 is 46.0 Å². The summed E-state index contributed by atoms with van der Waals surface area (Å²) in [7, 11) is 0. The number of amides is 1. The van der Waals surface area contributed by atoms with Gasteiger partial charge in [0, 0.05) is 10.0 Å². The first-order valence-electron chi connectivity index (χ1n) is 12.3. The normalized spacial score (nSPS) is 23.1. The van der Waals surface area contributed by atoms with Crippen molar-refractivity contribution in [1.29, 1.82) is 0 Å². The smallest absolute Gasteiger partial charge is 0.332 e. The van der Waals surface area contributed by atoms with Gasteiger partial charge in [-0.3, -0.25) is 20.2 Å². The zero-order valence-electron chi connectivity index (χ0n) is 20.9. The third-order valence-corrected chi connectivity index (χ3v) is 8.13. The molecule has 37 heavy (non-hydrogen) atoms. The molecule has 5 rings (SSSR count). The summed E-state index contributed by atoms with van der Waals surface area (Å²) in [6.45, 7) is 6.54. The lowest BCUT2D eigenvalue weighted by molar-refractivity contribution is 0.0949. The van der Waals surface area contributed by atoms with Crippen LogP contribution in [0.2, 0.25) is 10.0 Å². The van der Waals surface area contributed by atoms with Crippen molar-refractivity contribution in [2.45, 2.75) is 50.6 Å². The summed E-state index contributed by atoms with van der Waals surface area (Å²) >= 11 is 18.5. The third-order valence-electron chi connectivity index (χ3n) is 7.54. The van der Waals surface area contributed by atoms with Crippen molar-refractivity contribution in [3.05, 3.63) is 99.0 Å². The fourth-order valence-electron chi connectivity index (χ4n) is 5.21. The SMILES string of the molecule is CCOc1cc(C2CC2)ccc1C1=N[C@@](C)(c2ccc(Cl)cc2)[C@](C)(c2ccc(Cl)cc2)N1NC(=O)Cl. The van der Waals surface area contributed by atoms with Gasteiger partial charge in [0.05, 0.1) is 12.2 Å². The summed E-state index contributed by atoms with van der Waals surface area (Å²) in [6, 6.07) is 21.4. The summed E-state index contributed by atoms with van der Waals surface area (Å²) in [6.07, 6.45) is 2.37. The van der Waals surface area contributed by atoms with Gasteiger partial charge in [-0.05, 0) is 104 Å². The molecule has 2 aliphatic rings. The minimum Gasteiger partial charge on any atom is -0.493 e. The van der Waals surface area contributed by atoms with E-state index >= 15 is 0 Å². The molecule has 3 aromatic carbocycles. The number of ether oxygens (including phenoxy) is 1. The highest BCUT2D eigenvalue weighted by Crippen LogP contribution is 2.53. The first-order valence-corrected chi connectivity index (χ1v) is 13.5. The third kappa shape index (κ3) is 4.58. The van der Waals surface area contributed by atoms with Gasteiger partial charge in [0.15, 0.2) is 5.84 Å². The van der Waals surface area contributed by atoms with Crippen molar-refractivity contribution in [3.8, 4) is 5.75 Å². The molecule has 1 N–H and O–H groups in total. The van der Waals surface area contributed by atoms with Gasteiger partial charge in [0.1, 0.15) is 16.8 Å². The van der Waals surface area contributed by atoms with Crippen LogP contribution in [0.4, 0.5) is 4.79 Å². The first-order chi connectivity index (χ1) is 17.7. The van der Waals surface area contributed by atoms with E-state index in [9.17, 15) is 4.79 Å². The van der Waals surface area contributed by atoms with Crippen LogP contribution in [0.15, 0.2) is 71.7 Å². The van der Waals surface area contributed by atoms with E-state index in [0.717, 1.165) is 22.4 Å². The minimum atomic E-state index is -0.899. The molecule has 0 unspecified atom stereocenters. The Balaban J connectivity index is 1.76. The number of hydrazine groups is 1. The number of hydrogen-bond donors (Lipinski definition) is 1. The second-order valence-electron chi connectivity index (χ2n) is 9.78. The van der Waals surface area contributed by atoms with E-state index in [2.05, 4.69) is 17.6 Å². The van der Waals surface area contributed by atoms with E-state index in [1.165, 1.54) is 18.4 Å². The van der Waals surface area contributed by atoms with E-state index in [0.29, 0.717) is 28.4 Å². The Bertz CT molecular complexity index is 1360. The Kier molecular flexibility index (Phi) is 6.90. The predicted molar refractivity (Wildman–Crippen MR) is 150 cm³/mol. The molecule has 0 aromatic heterocycles. The number of halogens is 3. The second-order valence-corrected chi connectivity index (χ2v) is 11.0. The molecular weight excluding hydrogens is 529 g/mol. The molecule has 2 atom stereocenters. The molecule has 192 valence electrons. The van der Waals surface area contributed by atoms with Gasteiger partial charge in [0.25, 0.3) is 0 Å². The van der Waals surface area contributed by atoms with Crippen LogP contribution in [0, 0.1) is 0 Å². The molecule has 0 spiro atoms. The molecular formula is C29H28Cl3N3O2. The quantitative estimate of drug-likeness (QED) is 0.237. The maximum atomic E-state index is 12.4. The minimum absolute atomic E-state index is 0.499. The highest BCUT2D eigenvalue weighted by Gasteiger charge is 2.58. The number of benzene rings is 3. The van der Waals surface area contributed by atoms with Crippen molar-refractivity contribution in [1.82, 2.24) is 10.4 Å². The molecule has 1 aliphatic heterocycles. The van der Waals surface area contributed by atoms with E-state index in [1.807, 2.05) is 75.4 Å². The molecule has 3 aromatic rings. The van der Waals surface area contributed by atoms with E-state index < -0.39 is 16.4 Å². The number of hydrogen-bond acceptors (Lipinski definition) is 4. The van der Waals surface area contributed by atoms with Crippen LogP contribution in [0.25, 0.3) is 0 Å². The van der Waals surface area contributed by atoms with E-state index in [-0.39, 0.29) is 0 Å². The van der Waals surface area contributed by atoms with Gasteiger partial charge in [-0.1, -0.05) is 53.5 Å². The van der Waals surface area contributed by atoms with Crippen LogP contribution in [0.5, 0.6) is 5.75 Å². The molecule has 1 fully saturated rings. The maximum Gasteiger partial charge on any atom is 0.332 e. The Morgan fingerprint density at radius 2 is 1.59 bits per heavy atom. The summed E-state index contributed by atoms with van der Waals surface area (Å²) in [5.41, 5.74) is 4.94. The van der Waals surface area contributed by atoms with E-state index in [1.54, 1.807) is 5.01 Å². The molecule has 1 amide bonds. The fraction of sp³-hybridized carbons (Fsp3) is 0.310. The predicted octanol–water partition coefficient (Wildman–Crippen LogP) is 8.03. The number of carbonyl (C=O) groups excluding carboxylic acids is 1.